The van der Waals surface area contributed by atoms with Crippen LogP contribution in [0.15, 0.2) is 6.20 Å². The average molecular weight is 280 g/mol. The fourth-order valence-electron chi connectivity index (χ4n) is 2.43. The molecule has 0 radical (unpaired) electrons. The Hall–Kier alpha value is -0.940. The Morgan fingerprint density at radius 2 is 2.05 bits per heavy atom. The summed E-state index contributed by atoms with van der Waals surface area (Å²) in [5, 5.41) is 11.7. The first kappa shape index (κ1) is 15.4. The number of hydrogen-bond donors (Lipinski definition) is 1. The van der Waals surface area contributed by atoms with Gasteiger partial charge in [0, 0.05) is 18.3 Å². The first-order valence-corrected chi connectivity index (χ1v) is 7.78. The first-order valence-electron chi connectivity index (χ1n) is 7.78. The highest BCUT2D eigenvalue weighted by Gasteiger charge is 2.13. The van der Waals surface area contributed by atoms with Gasteiger partial charge < -0.3 is 10.1 Å². The highest BCUT2D eigenvalue weighted by Crippen LogP contribution is 2.20. The topological polar surface area (TPSA) is 52.0 Å². The lowest BCUT2D eigenvalue weighted by molar-refractivity contribution is 0.0227. The number of nitrogens with zero attached hydrogens (tertiary/aromatic N) is 3. The largest absolute Gasteiger partial charge is 0.376 e. The Labute approximate surface area is 122 Å². The number of rotatable bonds is 6. The molecule has 2 rings (SSSR count). The van der Waals surface area contributed by atoms with E-state index in [1.165, 1.54) is 32.1 Å². The van der Waals surface area contributed by atoms with Crippen LogP contribution < -0.4 is 5.32 Å². The molecule has 0 unspecified atom stereocenters. The summed E-state index contributed by atoms with van der Waals surface area (Å²) in [6, 6.07) is 0. The Morgan fingerprint density at radius 3 is 2.75 bits per heavy atom. The van der Waals surface area contributed by atoms with Gasteiger partial charge in [-0.2, -0.15) is 0 Å². The van der Waals surface area contributed by atoms with Crippen LogP contribution in [0, 0.1) is 0 Å². The van der Waals surface area contributed by atoms with Gasteiger partial charge in [0.05, 0.1) is 24.9 Å². The van der Waals surface area contributed by atoms with Crippen molar-refractivity contribution in [3.05, 3.63) is 11.9 Å². The average Bonchev–Trinajstić information content (AvgIpc) is 2.85. The van der Waals surface area contributed by atoms with Crippen LogP contribution in [0.3, 0.4) is 0 Å². The van der Waals surface area contributed by atoms with Crippen LogP contribution in [0.2, 0.25) is 0 Å². The molecule has 1 heterocycles. The molecule has 0 amide bonds. The molecule has 0 bridgehead atoms. The molecular formula is C15H28N4O. The zero-order valence-corrected chi connectivity index (χ0v) is 13.1. The van der Waals surface area contributed by atoms with Gasteiger partial charge in [0.2, 0.25) is 0 Å². The lowest BCUT2D eigenvalue weighted by Crippen LogP contribution is -2.35. The van der Waals surface area contributed by atoms with Gasteiger partial charge >= 0.3 is 0 Å². The van der Waals surface area contributed by atoms with Crippen molar-refractivity contribution in [2.75, 3.05) is 6.61 Å². The third-order valence-corrected chi connectivity index (χ3v) is 3.61. The van der Waals surface area contributed by atoms with E-state index in [1.807, 2.05) is 10.9 Å². The molecule has 1 aromatic rings. The number of aromatic nitrogens is 3. The molecule has 5 heteroatoms. The van der Waals surface area contributed by atoms with Crippen LogP contribution >= 0.6 is 0 Å². The van der Waals surface area contributed by atoms with Crippen LogP contribution in [0.1, 0.15) is 58.6 Å². The summed E-state index contributed by atoms with van der Waals surface area (Å²) in [7, 11) is 0. The standard InChI is InChI=1S/C15H28N4O/c1-15(2,3)16-11-13-12-19(18-17-13)9-10-20-14-7-5-4-6-8-14/h12,14,16H,4-11H2,1-3H3. The van der Waals surface area contributed by atoms with Crippen molar-refractivity contribution in [3.63, 3.8) is 0 Å². The van der Waals surface area contributed by atoms with Gasteiger partial charge in [0.1, 0.15) is 0 Å². The Bertz CT molecular complexity index is 391. The minimum absolute atomic E-state index is 0.105. The van der Waals surface area contributed by atoms with Crippen molar-refractivity contribution in [1.29, 1.82) is 0 Å². The van der Waals surface area contributed by atoms with Crippen molar-refractivity contribution >= 4 is 0 Å². The summed E-state index contributed by atoms with van der Waals surface area (Å²) in [6.45, 7) is 8.73. The van der Waals surface area contributed by atoms with Gasteiger partial charge in [-0.1, -0.05) is 24.5 Å². The third-order valence-electron chi connectivity index (χ3n) is 3.61. The van der Waals surface area contributed by atoms with Crippen LogP contribution in [0.25, 0.3) is 0 Å². The second-order valence-corrected chi connectivity index (χ2v) is 6.71. The molecule has 1 aliphatic rings. The minimum atomic E-state index is 0.105. The summed E-state index contributed by atoms with van der Waals surface area (Å²) in [5.74, 6) is 0. The molecule has 1 saturated carbocycles. The van der Waals surface area contributed by atoms with E-state index in [4.69, 9.17) is 4.74 Å². The van der Waals surface area contributed by atoms with Crippen LogP contribution in [-0.2, 0) is 17.8 Å². The molecule has 0 saturated heterocycles. The van der Waals surface area contributed by atoms with E-state index in [0.29, 0.717) is 6.10 Å². The maximum atomic E-state index is 5.91. The zero-order valence-electron chi connectivity index (χ0n) is 13.1. The van der Waals surface area contributed by atoms with Crippen molar-refractivity contribution in [3.8, 4) is 0 Å². The number of hydrogen-bond acceptors (Lipinski definition) is 4. The van der Waals surface area contributed by atoms with Crippen molar-refractivity contribution in [2.24, 2.45) is 0 Å². The maximum absolute atomic E-state index is 5.91. The molecule has 0 aliphatic heterocycles. The fraction of sp³-hybridized carbons (Fsp3) is 0.867. The quantitative estimate of drug-likeness (QED) is 0.870. The molecule has 1 aromatic heterocycles. The predicted molar refractivity (Wildman–Crippen MR) is 79.4 cm³/mol. The molecule has 114 valence electrons. The summed E-state index contributed by atoms with van der Waals surface area (Å²) in [4.78, 5) is 0. The van der Waals surface area contributed by atoms with Crippen LogP contribution in [0.5, 0.6) is 0 Å². The lowest BCUT2D eigenvalue weighted by Gasteiger charge is -2.21. The van der Waals surface area contributed by atoms with E-state index in [0.717, 1.165) is 25.4 Å². The van der Waals surface area contributed by atoms with Crippen LogP contribution in [-0.4, -0.2) is 33.2 Å². The summed E-state index contributed by atoms with van der Waals surface area (Å²) in [5.41, 5.74) is 1.09. The lowest BCUT2D eigenvalue weighted by atomic mass is 9.98. The summed E-state index contributed by atoms with van der Waals surface area (Å²) < 4.78 is 7.78. The molecule has 1 aliphatic carbocycles. The smallest absolute Gasteiger partial charge is 0.0965 e. The number of ether oxygens (including phenoxy) is 1. The Kier molecular flexibility index (Phi) is 5.54. The maximum Gasteiger partial charge on any atom is 0.0965 e. The van der Waals surface area contributed by atoms with Gasteiger partial charge in [-0.25, -0.2) is 4.68 Å². The van der Waals surface area contributed by atoms with Gasteiger partial charge in [-0.15, -0.1) is 5.10 Å². The Balaban J connectivity index is 1.67. The van der Waals surface area contributed by atoms with Crippen molar-refractivity contribution in [2.45, 2.75) is 77.6 Å². The monoisotopic (exact) mass is 280 g/mol. The van der Waals surface area contributed by atoms with Gasteiger partial charge in [-0.3, -0.25) is 0 Å². The molecule has 1 N–H and O–H groups in total. The SMILES string of the molecule is CC(C)(C)NCc1cn(CCOC2CCCCC2)nn1. The van der Waals surface area contributed by atoms with Gasteiger partial charge in [0.15, 0.2) is 0 Å². The van der Waals surface area contributed by atoms with E-state index in [1.54, 1.807) is 0 Å². The van der Waals surface area contributed by atoms with Gasteiger partial charge in [-0.05, 0) is 33.6 Å². The van der Waals surface area contributed by atoms with E-state index in [9.17, 15) is 0 Å². The van der Waals surface area contributed by atoms with E-state index in [-0.39, 0.29) is 5.54 Å². The molecule has 0 spiro atoms. The highest BCUT2D eigenvalue weighted by molar-refractivity contribution is 4.93. The normalized spacial score (nSPS) is 17.6. The molecule has 0 aromatic carbocycles. The number of nitrogens with one attached hydrogen (secondary N) is 1. The minimum Gasteiger partial charge on any atom is -0.376 e. The zero-order chi connectivity index (χ0) is 14.4. The molecule has 0 atom stereocenters. The predicted octanol–water partition coefficient (Wildman–Crippen LogP) is 2.52. The van der Waals surface area contributed by atoms with Crippen molar-refractivity contribution < 1.29 is 4.74 Å². The molecule has 5 nitrogen and oxygen atoms in total. The second kappa shape index (κ2) is 7.18. The van der Waals surface area contributed by atoms with E-state index in [2.05, 4.69) is 36.4 Å². The fourth-order valence-corrected chi connectivity index (χ4v) is 2.43. The highest BCUT2D eigenvalue weighted by atomic mass is 16.5. The molecular weight excluding hydrogens is 252 g/mol. The first-order chi connectivity index (χ1) is 9.53. The Morgan fingerprint density at radius 1 is 1.30 bits per heavy atom. The van der Waals surface area contributed by atoms with Crippen LogP contribution in [0.4, 0.5) is 0 Å². The molecule has 20 heavy (non-hydrogen) atoms. The summed E-state index contributed by atoms with van der Waals surface area (Å²) in [6.07, 6.45) is 8.91. The van der Waals surface area contributed by atoms with E-state index >= 15 is 0 Å². The second-order valence-electron chi connectivity index (χ2n) is 6.71. The van der Waals surface area contributed by atoms with Crippen molar-refractivity contribution in [1.82, 2.24) is 20.3 Å². The third kappa shape index (κ3) is 5.59. The molecule has 1 fully saturated rings. The van der Waals surface area contributed by atoms with E-state index < -0.39 is 0 Å². The van der Waals surface area contributed by atoms with Gasteiger partial charge in [0.25, 0.3) is 0 Å². The summed E-state index contributed by atoms with van der Waals surface area (Å²) >= 11 is 0.